The van der Waals surface area contributed by atoms with E-state index < -0.39 is 17.2 Å². The molecule has 1 N–H and O–H groups in total. The van der Waals surface area contributed by atoms with Gasteiger partial charge >= 0.3 is 5.97 Å². The van der Waals surface area contributed by atoms with E-state index in [1.54, 1.807) is 17.9 Å². The Morgan fingerprint density at radius 1 is 1.24 bits per heavy atom. The van der Waals surface area contributed by atoms with Crippen LogP contribution >= 0.6 is 22.6 Å². The summed E-state index contributed by atoms with van der Waals surface area (Å²) >= 11 is 2.21. The van der Waals surface area contributed by atoms with Gasteiger partial charge in [-0.05, 0) is 78.8 Å². The summed E-state index contributed by atoms with van der Waals surface area (Å²) in [6.07, 6.45) is 1.54. The van der Waals surface area contributed by atoms with Gasteiger partial charge in [0.05, 0.1) is 19.4 Å². The van der Waals surface area contributed by atoms with Gasteiger partial charge in [0.2, 0.25) is 0 Å². The number of benzene rings is 2. The molecule has 1 amide bonds. The van der Waals surface area contributed by atoms with E-state index in [2.05, 4.69) is 32.9 Å². The number of nitrogens with one attached hydrogen (secondary N) is 1. The first-order chi connectivity index (χ1) is 16.3. The summed E-state index contributed by atoms with van der Waals surface area (Å²) < 4.78 is 26.2. The van der Waals surface area contributed by atoms with Gasteiger partial charge in [-0.25, -0.2) is 9.18 Å². The van der Waals surface area contributed by atoms with Gasteiger partial charge in [0.1, 0.15) is 23.0 Å². The third-order valence-electron chi connectivity index (χ3n) is 6.06. The van der Waals surface area contributed by atoms with E-state index in [1.165, 1.54) is 26.3 Å². The molecular formula is C25H25FIN3O4. The predicted molar refractivity (Wildman–Crippen MR) is 137 cm³/mol. The van der Waals surface area contributed by atoms with Gasteiger partial charge in [0, 0.05) is 39.9 Å². The number of carbonyl (C=O) groups excluding carboxylic acids is 2. The number of ether oxygens (including phenoxy) is 2. The van der Waals surface area contributed by atoms with Crippen LogP contribution in [0.1, 0.15) is 19.8 Å². The topological polar surface area (TPSA) is 80.2 Å². The third kappa shape index (κ3) is 4.53. The fourth-order valence-electron chi connectivity index (χ4n) is 4.20. The molecule has 1 spiro atoms. The highest BCUT2D eigenvalue weighted by Gasteiger charge is 2.56. The van der Waals surface area contributed by atoms with Gasteiger partial charge in [-0.2, -0.15) is 0 Å². The predicted octanol–water partition coefficient (Wildman–Crippen LogP) is 4.57. The minimum absolute atomic E-state index is 0.0892. The summed E-state index contributed by atoms with van der Waals surface area (Å²) in [7, 11) is 2.95. The first kappa shape index (κ1) is 24.2. The number of nitrogens with zero attached hydrogens (tertiary/aromatic N) is 2. The largest absolute Gasteiger partial charge is 0.497 e. The Balaban J connectivity index is 1.86. The minimum Gasteiger partial charge on any atom is -0.497 e. The van der Waals surface area contributed by atoms with Crippen molar-refractivity contribution >= 4 is 51.6 Å². The quantitative estimate of drug-likeness (QED) is 0.297. The van der Waals surface area contributed by atoms with Gasteiger partial charge in [0.25, 0.3) is 5.91 Å². The molecule has 1 saturated carbocycles. The summed E-state index contributed by atoms with van der Waals surface area (Å²) in [6, 6.07) is 12.0. The number of carbonyl (C=O) groups is 2. The van der Waals surface area contributed by atoms with E-state index in [9.17, 15) is 14.0 Å². The van der Waals surface area contributed by atoms with Gasteiger partial charge in [0.15, 0.2) is 0 Å². The zero-order valence-electron chi connectivity index (χ0n) is 19.2. The van der Waals surface area contributed by atoms with Crippen LogP contribution in [0.3, 0.4) is 0 Å². The molecule has 1 aliphatic carbocycles. The van der Waals surface area contributed by atoms with Crippen LogP contribution < -0.4 is 15.0 Å². The molecule has 2 aromatic carbocycles. The highest BCUT2D eigenvalue weighted by Crippen LogP contribution is 2.56. The lowest BCUT2D eigenvalue weighted by Crippen LogP contribution is -2.47. The fraction of sp³-hybridized carbons (Fsp3) is 0.320. The zero-order valence-corrected chi connectivity index (χ0v) is 21.3. The summed E-state index contributed by atoms with van der Waals surface area (Å²) in [6.45, 7) is 2.29. The Bertz CT molecular complexity index is 1190. The Morgan fingerprint density at radius 3 is 2.50 bits per heavy atom. The summed E-state index contributed by atoms with van der Waals surface area (Å²) in [4.78, 5) is 32.5. The number of aliphatic imine (C=N–C) groups is 1. The van der Waals surface area contributed by atoms with E-state index in [1.807, 2.05) is 24.3 Å². The molecule has 2 aliphatic rings. The van der Waals surface area contributed by atoms with Crippen molar-refractivity contribution in [2.24, 2.45) is 10.4 Å². The van der Waals surface area contributed by atoms with Crippen molar-refractivity contribution in [1.82, 2.24) is 0 Å². The molecule has 0 atom stereocenters. The molecule has 1 fully saturated rings. The monoisotopic (exact) mass is 577 g/mol. The maximum atomic E-state index is 14.9. The first-order valence-electron chi connectivity index (χ1n) is 10.9. The number of halogens is 2. The molecular weight excluding hydrogens is 552 g/mol. The molecule has 0 unspecified atom stereocenters. The number of esters is 1. The van der Waals surface area contributed by atoms with Crippen molar-refractivity contribution < 1.29 is 23.5 Å². The van der Waals surface area contributed by atoms with Crippen LogP contribution in [-0.4, -0.2) is 44.9 Å². The number of methoxy groups -OCH3 is 1. The smallest absolute Gasteiger partial charge is 0.356 e. The second-order valence-corrected chi connectivity index (χ2v) is 9.41. The van der Waals surface area contributed by atoms with Crippen molar-refractivity contribution in [3.05, 3.63) is 63.1 Å². The lowest BCUT2D eigenvalue weighted by Gasteiger charge is -2.37. The fourth-order valence-corrected chi connectivity index (χ4v) is 4.56. The summed E-state index contributed by atoms with van der Waals surface area (Å²) in [5.41, 5.74) is 1.06. The lowest BCUT2D eigenvalue weighted by molar-refractivity contribution is -0.135. The summed E-state index contributed by atoms with van der Waals surface area (Å²) in [5.74, 6) is -1.19. The van der Waals surface area contributed by atoms with Crippen LogP contribution in [0.4, 0.5) is 15.8 Å². The Hall–Kier alpha value is -2.95. The van der Waals surface area contributed by atoms with Crippen LogP contribution in [0.15, 0.2) is 58.7 Å². The number of rotatable bonds is 7. The minimum atomic E-state index is -0.601. The average molecular weight is 577 g/mol. The second-order valence-electron chi connectivity index (χ2n) is 8.16. The van der Waals surface area contributed by atoms with Crippen LogP contribution in [-0.2, 0) is 14.3 Å². The Kier molecular flexibility index (Phi) is 6.92. The SMILES string of the molecule is CCOC(=O)C(=NC)C1=C(Nc2ccc(OC)cc2F)C(=O)N(c2ccc(I)cc2)CC12CC2. The van der Waals surface area contributed by atoms with E-state index in [4.69, 9.17) is 9.47 Å². The standard InChI is InChI=1S/C25H25FIN3O4/c1-4-34-24(32)22(28-2)20-21(29-19-10-9-17(33-3)13-18(19)26)23(31)30(14-25(20)11-12-25)16-7-5-15(27)6-8-16/h5-10,13,29H,4,11-12,14H2,1-3H3. The average Bonchev–Trinajstić information content (AvgIpc) is 3.60. The van der Waals surface area contributed by atoms with E-state index in [0.29, 0.717) is 17.9 Å². The van der Waals surface area contributed by atoms with E-state index >= 15 is 0 Å². The van der Waals surface area contributed by atoms with Gasteiger partial charge in [-0.3, -0.25) is 9.79 Å². The van der Waals surface area contributed by atoms with Gasteiger partial charge in [-0.15, -0.1) is 0 Å². The number of amides is 1. The molecule has 0 aromatic heterocycles. The van der Waals surface area contributed by atoms with Crippen LogP contribution in [0.2, 0.25) is 0 Å². The molecule has 0 bridgehead atoms. The molecule has 178 valence electrons. The molecule has 9 heteroatoms. The Labute approximate surface area is 211 Å². The molecule has 2 aromatic rings. The third-order valence-corrected chi connectivity index (χ3v) is 6.78. The molecule has 4 rings (SSSR count). The van der Waals surface area contributed by atoms with E-state index in [-0.39, 0.29) is 29.6 Å². The summed E-state index contributed by atoms with van der Waals surface area (Å²) in [5, 5.41) is 2.99. The van der Waals surface area contributed by atoms with E-state index in [0.717, 1.165) is 22.1 Å². The highest BCUT2D eigenvalue weighted by molar-refractivity contribution is 14.1. The van der Waals surface area contributed by atoms with Gasteiger partial charge in [-0.1, -0.05) is 0 Å². The molecule has 1 heterocycles. The molecule has 34 heavy (non-hydrogen) atoms. The van der Waals surface area contributed by atoms with Crippen LogP contribution in [0.25, 0.3) is 0 Å². The molecule has 0 radical (unpaired) electrons. The normalized spacial score (nSPS) is 17.1. The number of anilines is 2. The van der Waals surface area contributed by atoms with Gasteiger partial charge < -0.3 is 19.7 Å². The first-order valence-corrected chi connectivity index (χ1v) is 12.0. The van der Waals surface area contributed by atoms with Crippen molar-refractivity contribution in [2.75, 3.05) is 37.5 Å². The molecule has 7 nitrogen and oxygen atoms in total. The van der Waals surface area contributed by atoms with Crippen molar-refractivity contribution in [3.8, 4) is 5.75 Å². The molecule has 0 saturated heterocycles. The van der Waals surface area contributed by atoms with Crippen LogP contribution in [0, 0.1) is 14.8 Å². The van der Waals surface area contributed by atoms with Crippen LogP contribution in [0.5, 0.6) is 5.75 Å². The maximum absolute atomic E-state index is 14.9. The second kappa shape index (κ2) is 9.73. The van der Waals surface area contributed by atoms with Crippen molar-refractivity contribution in [2.45, 2.75) is 19.8 Å². The highest BCUT2D eigenvalue weighted by atomic mass is 127. The van der Waals surface area contributed by atoms with Crippen molar-refractivity contribution in [1.29, 1.82) is 0 Å². The zero-order chi connectivity index (χ0) is 24.5. The number of hydrogen-bond donors (Lipinski definition) is 1. The van der Waals surface area contributed by atoms with Crippen molar-refractivity contribution in [3.63, 3.8) is 0 Å². The lowest BCUT2D eigenvalue weighted by atomic mass is 9.85. The number of hydrogen-bond acceptors (Lipinski definition) is 6. The maximum Gasteiger partial charge on any atom is 0.356 e. The molecule has 1 aliphatic heterocycles. The Morgan fingerprint density at radius 2 is 1.94 bits per heavy atom.